The maximum Gasteiger partial charge on any atom is 0.0701 e. The summed E-state index contributed by atoms with van der Waals surface area (Å²) in [6.45, 7) is 0.806. The largest absolute Gasteiger partial charge is 0.301 e. The summed E-state index contributed by atoms with van der Waals surface area (Å²) in [6.07, 6.45) is 1.06. The third kappa shape index (κ3) is 1.68. The predicted octanol–water partition coefficient (Wildman–Crippen LogP) is 2.42. The third-order valence-electron chi connectivity index (χ3n) is 2.01. The number of hydroxylamine groups is 1. The Hall–Kier alpha value is -0.380. The van der Waals surface area contributed by atoms with E-state index in [0.29, 0.717) is 6.04 Å². The number of benzene rings is 1. The lowest BCUT2D eigenvalue weighted by Crippen LogP contribution is -2.10. The second-order valence-corrected chi connectivity index (χ2v) is 3.77. The highest BCUT2D eigenvalue weighted by molar-refractivity contribution is 9.10. The van der Waals surface area contributed by atoms with E-state index in [1.807, 2.05) is 0 Å². The molecule has 1 aliphatic heterocycles. The Morgan fingerprint density at radius 2 is 2.08 bits per heavy atom. The van der Waals surface area contributed by atoms with E-state index in [-0.39, 0.29) is 0 Å². The zero-order valence-corrected chi connectivity index (χ0v) is 8.17. The Kier molecular flexibility index (Phi) is 2.44. The molecule has 1 aromatic rings. The van der Waals surface area contributed by atoms with Crippen molar-refractivity contribution in [2.75, 3.05) is 6.61 Å². The molecule has 1 aromatic carbocycles. The standard InChI is InChI=1S/C9H10BrNO/c10-8-3-1-7(2-4-8)9-5-6-12-11-9/h1-4,9,11H,5-6H2/t9-/m0/s1. The van der Waals surface area contributed by atoms with Crippen LogP contribution in [0.5, 0.6) is 0 Å². The van der Waals surface area contributed by atoms with Crippen LogP contribution < -0.4 is 5.48 Å². The molecule has 64 valence electrons. The molecule has 1 aliphatic rings. The summed E-state index contributed by atoms with van der Waals surface area (Å²) in [4.78, 5) is 5.08. The van der Waals surface area contributed by atoms with Gasteiger partial charge < -0.3 is 4.84 Å². The number of rotatable bonds is 1. The molecular weight excluding hydrogens is 218 g/mol. The van der Waals surface area contributed by atoms with Crippen molar-refractivity contribution in [3.63, 3.8) is 0 Å². The maximum absolute atomic E-state index is 5.08. The Morgan fingerprint density at radius 1 is 1.33 bits per heavy atom. The van der Waals surface area contributed by atoms with Crippen molar-refractivity contribution < 1.29 is 4.84 Å². The van der Waals surface area contributed by atoms with Crippen molar-refractivity contribution in [2.45, 2.75) is 12.5 Å². The summed E-state index contributed by atoms with van der Waals surface area (Å²) >= 11 is 3.40. The molecule has 1 fully saturated rings. The first kappa shape index (κ1) is 8.23. The van der Waals surface area contributed by atoms with Crippen LogP contribution in [0.1, 0.15) is 18.0 Å². The molecule has 0 aromatic heterocycles. The number of nitrogens with one attached hydrogen (secondary N) is 1. The van der Waals surface area contributed by atoms with Crippen LogP contribution in [-0.2, 0) is 4.84 Å². The van der Waals surface area contributed by atoms with E-state index in [0.717, 1.165) is 17.5 Å². The molecule has 1 atom stereocenters. The molecule has 0 radical (unpaired) electrons. The van der Waals surface area contributed by atoms with E-state index < -0.39 is 0 Å². The second-order valence-electron chi connectivity index (χ2n) is 2.86. The van der Waals surface area contributed by atoms with Gasteiger partial charge in [0.2, 0.25) is 0 Å². The van der Waals surface area contributed by atoms with Gasteiger partial charge in [0.25, 0.3) is 0 Å². The van der Waals surface area contributed by atoms with Crippen LogP contribution in [0.15, 0.2) is 28.7 Å². The topological polar surface area (TPSA) is 21.3 Å². The SMILES string of the molecule is Brc1ccc([C@@H]2CCON2)cc1. The monoisotopic (exact) mass is 227 g/mol. The van der Waals surface area contributed by atoms with Crippen LogP contribution >= 0.6 is 15.9 Å². The lowest BCUT2D eigenvalue weighted by Gasteiger charge is -2.07. The smallest absolute Gasteiger partial charge is 0.0701 e. The first-order valence-corrected chi connectivity index (χ1v) is 4.78. The van der Waals surface area contributed by atoms with Crippen molar-refractivity contribution in [3.05, 3.63) is 34.3 Å². The molecular formula is C9H10BrNO. The van der Waals surface area contributed by atoms with Gasteiger partial charge in [-0.05, 0) is 24.1 Å². The van der Waals surface area contributed by atoms with Crippen molar-refractivity contribution >= 4 is 15.9 Å². The fourth-order valence-corrected chi connectivity index (χ4v) is 1.59. The summed E-state index contributed by atoms with van der Waals surface area (Å²) in [5, 5.41) is 0. The summed E-state index contributed by atoms with van der Waals surface area (Å²) in [7, 11) is 0. The van der Waals surface area contributed by atoms with Gasteiger partial charge in [-0.15, -0.1) is 0 Å². The quantitative estimate of drug-likeness (QED) is 0.796. The van der Waals surface area contributed by atoms with Crippen molar-refractivity contribution in [2.24, 2.45) is 0 Å². The molecule has 1 saturated heterocycles. The van der Waals surface area contributed by atoms with Gasteiger partial charge in [0.15, 0.2) is 0 Å². The van der Waals surface area contributed by atoms with E-state index >= 15 is 0 Å². The lowest BCUT2D eigenvalue weighted by molar-refractivity contribution is 0.0883. The Balaban J connectivity index is 2.17. The van der Waals surface area contributed by atoms with E-state index in [2.05, 4.69) is 45.7 Å². The molecule has 0 aliphatic carbocycles. The fraction of sp³-hybridized carbons (Fsp3) is 0.333. The normalized spacial score (nSPS) is 22.9. The van der Waals surface area contributed by atoms with Gasteiger partial charge >= 0.3 is 0 Å². The third-order valence-corrected chi connectivity index (χ3v) is 2.54. The van der Waals surface area contributed by atoms with E-state index in [4.69, 9.17) is 4.84 Å². The van der Waals surface area contributed by atoms with E-state index in [9.17, 15) is 0 Å². The Morgan fingerprint density at radius 3 is 2.67 bits per heavy atom. The van der Waals surface area contributed by atoms with Gasteiger partial charge in [-0.2, -0.15) is 5.48 Å². The van der Waals surface area contributed by atoms with Gasteiger partial charge in [0.1, 0.15) is 0 Å². The molecule has 0 saturated carbocycles. The van der Waals surface area contributed by atoms with Crippen molar-refractivity contribution in [1.82, 2.24) is 5.48 Å². The molecule has 3 heteroatoms. The van der Waals surface area contributed by atoms with Crippen LogP contribution in [0.2, 0.25) is 0 Å². The highest BCUT2D eigenvalue weighted by atomic mass is 79.9. The number of hydrogen-bond donors (Lipinski definition) is 1. The van der Waals surface area contributed by atoms with E-state index in [1.165, 1.54) is 5.56 Å². The van der Waals surface area contributed by atoms with Crippen LogP contribution in [0, 0.1) is 0 Å². The zero-order chi connectivity index (χ0) is 8.39. The fourth-order valence-electron chi connectivity index (χ4n) is 1.33. The summed E-state index contributed by atoms with van der Waals surface area (Å²) in [5.74, 6) is 0. The Bertz CT molecular complexity index is 254. The average molecular weight is 228 g/mol. The van der Waals surface area contributed by atoms with Gasteiger partial charge in [0, 0.05) is 4.47 Å². The minimum atomic E-state index is 0.373. The molecule has 0 bridgehead atoms. The molecule has 2 nitrogen and oxygen atoms in total. The van der Waals surface area contributed by atoms with Gasteiger partial charge in [-0.25, -0.2) is 0 Å². The molecule has 0 unspecified atom stereocenters. The molecule has 0 spiro atoms. The lowest BCUT2D eigenvalue weighted by atomic mass is 10.1. The van der Waals surface area contributed by atoms with Crippen LogP contribution in [0.3, 0.4) is 0 Å². The summed E-state index contributed by atoms with van der Waals surface area (Å²) in [5.41, 5.74) is 4.26. The second kappa shape index (κ2) is 3.56. The van der Waals surface area contributed by atoms with Gasteiger partial charge in [-0.1, -0.05) is 28.1 Å². The predicted molar refractivity (Wildman–Crippen MR) is 50.6 cm³/mol. The summed E-state index contributed by atoms with van der Waals surface area (Å²) in [6, 6.07) is 8.69. The number of halogens is 1. The zero-order valence-electron chi connectivity index (χ0n) is 6.59. The maximum atomic E-state index is 5.08. The number of hydrogen-bond acceptors (Lipinski definition) is 2. The Labute approximate surface area is 80.0 Å². The summed E-state index contributed by atoms with van der Waals surface area (Å²) < 4.78 is 1.12. The van der Waals surface area contributed by atoms with Gasteiger partial charge in [-0.3, -0.25) is 0 Å². The molecule has 0 amide bonds. The molecule has 1 heterocycles. The highest BCUT2D eigenvalue weighted by Gasteiger charge is 2.16. The van der Waals surface area contributed by atoms with Crippen molar-refractivity contribution in [3.8, 4) is 0 Å². The van der Waals surface area contributed by atoms with Crippen molar-refractivity contribution in [1.29, 1.82) is 0 Å². The molecule has 1 N–H and O–H groups in total. The van der Waals surface area contributed by atoms with E-state index in [1.54, 1.807) is 0 Å². The molecule has 2 rings (SSSR count). The highest BCUT2D eigenvalue weighted by Crippen LogP contribution is 2.22. The molecule has 12 heavy (non-hydrogen) atoms. The minimum Gasteiger partial charge on any atom is -0.301 e. The minimum absolute atomic E-state index is 0.373. The van der Waals surface area contributed by atoms with Gasteiger partial charge in [0.05, 0.1) is 12.6 Å². The first-order chi connectivity index (χ1) is 5.86. The van der Waals surface area contributed by atoms with Crippen LogP contribution in [0.4, 0.5) is 0 Å². The van der Waals surface area contributed by atoms with Crippen LogP contribution in [0.25, 0.3) is 0 Å². The first-order valence-electron chi connectivity index (χ1n) is 3.99. The average Bonchev–Trinajstić information content (AvgIpc) is 2.58. The van der Waals surface area contributed by atoms with Crippen LogP contribution in [-0.4, -0.2) is 6.61 Å².